The summed E-state index contributed by atoms with van der Waals surface area (Å²) in [4.78, 5) is 17.6. The minimum Gasteiger partial charge on any atom is -0.345 e. The average molecular weight is 241 g/mol. The fraction of sp³-hybridized carbons (Fsp3) is 0.636. The number of carbonyl (C=O) groups is 1. The summed E-state index contributed by atoms with van der Waals surface area (Å²) in [7, 11) is 1.81. The Morgan fingerprint density at radius 3 is 2.88 bits per heavy atom. The zero-order valence-electron chi connectivity index (χ0n) is 10.1. The minimum atomic E-state index is 0.123. The first-order valence-corrected chi connectivity index (χ1v) is 6.43. The van der Waals surface area contributed by atoms with Crippen molar-refractivity contribution in [3.8, 4) is 0 Å². The number of thiazole rings is 1. The zero-order valence-corrected chi connectivity index (χ0v) is 10.9. The van der Waals surface area contributed by atoms with Crippen LogP contribution in [0.15, 0.2) is 11.6 Å². The second kappa shape index (κ2) is 6.60. The molecule has 0 saturated heterocycles. The largest absolute Gasteiger partial charge is 0.345 e. The van der Waals surface area contributed by atoms with Gasteiger partial charge in [-0.15, -0.1) is 11.3 Å². The second-order valence-corrected chi connectivity index (χ2v) is 4.55. The van der Waals surface area contributed by atoms with E-state index in [1.165, 1.54) is 0 Å². The summed E-state index contributed by atoms with van der Waals surface area (Å²) in [6, 6.07) is 0.189. The highest BCUT2D eigenvalue weighted by Gasteiger charge is 2.14. The van der Waals surface area contributed by atoms with E-state index in [1.54, 1.807) is 22.4 Å². The number of rotatable bonds is 6. The highest BCUT2D eigenvalue weighted by Crippen LogP contribution is 2.18. The van der Waals surface area contributed by atoms with Crippen LogP contribution in [0.5, 0.6) is 0 Å². The smallest absolute Gasteiger partial charge is 0.236 e. The van der Waals surface area contributed by atoms with Crippen LogP contribution in [0.25, 0.3) is 0 Å². The first kappa shape index (κ1) is 13.1. The molecule has 0 fully saturated rings. The van der Waals surface area contributed by atoms with E-state index in [9.17, 15) is 4.79 Å². The molecule has 1 atom stereocenters. The lowest BCUT2D eigenvalue weighted by Gasteiger charge is -2.18. The third-order valence-corrected chi connectivity index (χ3v) is 3.45. The van der Waals surface area contributed by atoms with E-state index in [2.05, 4.69) is 17.2 Å². The SMILES string of the molecule is CCC(NCC(=O)N(C)CC)c1nccs1. The number of amides is 1. The standard InChI is InChI=1S/C11H19N3OS/c1-4-9(11-12-6-7-16-11)13-8-10(15)14(3)5-2/h6-7,9,13H,4-5,8H2,1-3H3. The van der Waals surface area contributed by atoms with Crippen molar-refractivity contribution in [3.63, 3.8) is 0 Å². The van der Waals surface area contributed by atoms with E-state index < -0.39 is 0 Å². The molecule has 1 heterocycles. The number of nitrogens with one attached hydrogen (secondary N) is 1. The predicted octanol–water partition coefficient (Wildman–Crippen LogP) is 1.66. The molecule has 1 aromatic rings. The maximum absolute atomic E-state index is 11.6. The number of likely N-dealkylation sites (N-methyl/N-ethyl adjacent to an activating group) is 1. The Balaban J connectivity index is 2.44. The van der Waals surface area contributed by atoms with Gasteiger partial charge in [0, 0.05) is 25.2 Å². The van der Waals surface area contributed by atoms with Crippen LogP contribution in [0.3, 0.4) is 0 Å². The van der Waals surface area contributed by atoms with Gasteiger partial charge in [0.2, 0.25) is 5.91 Å². The van der Waals surface area contributed by atoms with Crippen LogP contribution in [0.2, 0.25) is 0 Å². The molecule has 0 aromatic carbocycles. The fourth-order valence-electron chi connectivity index (χ4n) is 1.33. The van der Waals surface area contributed by atoms with Gasteiger partial charge in [0.15, 0.2) is 0 Å². The lowest BCUT2D eigenvalue weighted by molar-refractivity contribution is -0.128. The van der Waals surface area contributed by atoms with Crippen LogP contribution in [0.4, 0.5) is 0 Å². The van der Waals surface area contributed by atoms with Gasteiger partial charge in [0.1, 0.15) is 5.01 Å². The van der Waals surface area contributed by atoms with Crippen molar-refractivity contribution >= 4 is 17.2 Å². The van der Waals surface area contributed by atoms with Crippen LogP contribution >= 0.6 is 11.3 Å². The molecule has 0 aliphatic carbocycles. The van der Waals surface area contributed by atoms with Crippen LogP contribution < -0.4 is 5.32 Å². The Morgan fingerprint density at radius 1 is 1.62 bits per heavy atom. The van der Waals surface area contributed by atoms with Gasteiger partial charge in [-0.3, -0.25) is 10.1 Å². The van der Waals surface area contributed by atoms with E-state index in [-0.39, 0.29) is 11.9 Å². The summed E-state index contributed by atoms with van der Waals surface area (Å²) in [5.74, 6) is 0.123. The lowest BCUT2D eigenvalue weighted by Crippen LogP contribution is -2.36. The topological polar surface area (TPSA) is 45.2 Å². The summed E-state index contributed by atoms with van der Waals surface area (Å²) in [5, 5.41) is 6.25. The summed E-state index contributed by atoms with van der Waals surface area (Å²) >= 11 is 1.62. The number of aromatic nitrogens is 1. The molecule has 1 N–H and O–H groups in total. The van der Waals surface area contributed by atoms with Gasteiger partial charge in [-0.1, -0.05) is 6.92 Å². The molecular formula is C11H19N3OS. The summed E-state index contributed by atoms with van der Waals surface area (Å²) in [5.41, 5.74) is 0. The van der Waals surface area contributed by atoms with Gasteiger partial charge in [-0.05, 0) is 13.3 Å². The predicted molar refractivity (Wildman–Crippen MR) is 66.5 cm³/mol. The highest BCUT2D eigenvalue weighted by atomic mass is 32.1. The number of carbonyl (C=O) groups excluding carboxylic acids is 1. The van der Waals surface area contributed by atoms with Crippen molar-refractivity contribution in [1.29, 1.82) is 0 Å². The van der Waals surface area contributed by atoms with Crippen molar-refractivity contribution in [3.05, 3.63) is 16.6 Å². The Morgan fingerprint density at radius 2 is 2.38 bits per heavy atom. The maximum atomic E-state index is 11.6. The normalized spacial score (nSPS) is 12.4. The Hall–Kier alpha value is -0.940. The van der Waals surface area contributed by atoms with Crippen LogP contribution in [-0.2, 0) is 4.79 Å². The molecule has 1 unspecified atom stereocenters. The molecule has 0 spiro atoms. The number of nitrogens with zero attached hydrogens (tertiary/aromatic N) is 2. The molecule has 16 heavy (non-hydrogen) atoms. The van der Waals surface area contributed by atoms with Crippen molar-refractivity contribution in [2.24, 2.45) is 0 Å². The molecule has 4 nitrogen and oxygen atoms in total. The van der Waals surface area contributed by atoms with E-state index >= 15 is 0 Å². The highest BCUT2D eigenvalue weighted by molar-refractivity contribution is 7.09. The third-order valence-electron chi connectivity index (χ3n) is 2.56. The second-order valence-electron chi connectivity index (χ2n) is 3.62. The van der Waals surface area contributed by atoms with Gasteiger partial charge in [0.25, 0.3) is 0 Å². The van der Waals surface area contributed by atoms with Gasteiger partial charge in [0.05, 0.1) is 12.6 Å². The lowest BCUT2D eigenvalue weighted by atomic mass is 10.2. The van der Waals surface area contributed by atoms with Crippen molar-refractivity contribution in [2.75, 3.05) is 20.1 Å². The molecule has 1 rings (SSSR count). The van der Waals surface area contributed by atoms with Crippen molar-refractivity contribution < 1.29 is 4.79 Å². The van der Waals surface area contributed by atoms with Crippen molar-refractivity contribution in [2.45, 2.75) is 26.3 Å². The zero-order chi connectivity index (χ0) is 12.0. The first-order chi connectivity index (χ1) is 7.69. The van der Waals surface area contributed by atoms with Gasteiger partial charge in [-0.25, -0.2) is 4.98 Å². The summed E-state index contributed by atoms with van der Waals surface area (Å²) in [6.45, 7) is 5.18. The van der Waals surface area contributed by atoms with Gasteiger partial charge >= 0.3 is 0 Å². The molecule has 1 amide bonds. The number of hydrogen-bond donors (Lipinski definition) is 1. The quantitative estimate of drug-likeness (QED) is 0.824. The minimum absolute atomic E-state index is 0.123. The molecule has 0 aliphatic heterocycles. The van der Waals surface area contributed by atoms with E-state index in [0.717, 1.165) is 18.0 Å². The summed E-state index contributed by atoms with van der Waals surface area (Å²) in [6.07, 6.45) is 2.74. The Kier molecular flexibility index (Phi) is 5.42. The van der Waals surface area contributed by atoms with Gasteiger partial charge < -0.3 is 4.90 Å². The first-order valence-electron chi connectivity index (χ1n) is 5.55. The Bertz CT molecular complexity index is 313. The molecule has 90 valence electrons. The molecule has 0 saturated carbocycles. The monoisotopic (exact) mass is 241 g/mol. The van der Waals surface area contributed by atoms with Crippen LogP contribution in [-0.4, -0.2) is 35.9 Å². The van der Waals surface area contributed by atoms with Crippen LogP contribution in [0, 0.1) is 0 Å². The van der Waals surface area contributed by atoms with E-state index in [4.69, 9.17) is 0 Å². The van der Waals surface area contributed by atoms with E-state index in [0.29, 0.717) is 6.54 Å². The molecule has 5 heteroatoms. The van der Waals surface area contributed by atoms with E-state index in [1.807, 2.05) is 19.4 Å². The summed E-state index contributed by atoms with van der Waals surface area (Å²) < 4.78 is 0. The molecule has 0 radical (unpaired) electrons. The molecule has 1 aromatic heterocycles. The van der Waals surface area contributed by atoms with Crippen molar-refractivity contribution in [1.82, 2.24) is 15.2 Å². The molecular weight excluding hydrogens is 222 g/mol. The third kappa shape index (κ3) is 3.57. The molecule has 0 bridgehead atoms. The molecule has 0 aliphatic rings. The van der Waals surface area contributed by atoms with Crippen LogP contribution in [0.1, 0.15) is 31.3 Å². The number of hydrogen-bond acceptors (Lipinski definition) is 4. The average Bonchev–Trinajstić information content (AvgIpc) is 2.82. The maximum Gasteiger partial charge on any atom is 0.236 e. The fourth-order valence-corrected chi connectivity index (χ4v) is 2.13. The Labute approximate surface area is 101 Å². The van der Waals surface area contributed by atoms with Gasteiger partial charge in [-0.2, -0.15) is 0 Å².